The van der Waals surface area contributed by atoms with Crippen LogP contribution in [0, 0.1) is 6.92 Å². The highest BCUT2D eigenvalue weighted by Crippen LogP contribution is 2.31. The average Bonchev–Trinajstić information content (AvgIpc) is 3.04. The van der Waals surface area contributed by atoms with Gasteiger partial charge in [0.1, 0.15) is 0 Å². The summed E-state index contributed by atoms with van der Waals surface area (Å²) in [5, 5.41) is 5.28. The van der Waals surface area contributed by atoms with E-state index in [1.54, 1.807) is 0 Å². The lowest BCUT2D eigenvalue weighted by Crippen LogP contribution is -2.33. The number of hydrogen-bond acceptors (Lipinski definition) is 4. The van der Waals surface area contributed by atoms with Crippen molar-refractivity contribution in [3.63, 3.8) is 0 Å². The van der Waals surface area contributed by atoms with Crippen LogP contribution in [-0.2, 0) is 11.3 Å². The monoisotopic (exact) mass is 304 g/mol. The fraction of sp³-hybridized carbons (Fsp3) is 0.533. The van der Waals surface area contributed by atoms with Crippen LogP contribution in [0.5, 0.6) is 0 Å². The minimum absolute atomic E-state index is 0.121. The lowest BCUT2D eigenvalue weighted by molar-refractivity contribution is -0.113. The van der Waals surface area contributed by atoms with Crippen LogP contribution < -0.4 is 0 Å². The first-order valence-electron chi connectivity index (χ1n) is 7.49. The van der Waals surface area contributed by atoms with Gasteiger partial charge in [-0.3, -0.25) is 9.48 Å². The van der Waals surface area contributed by atoms with Gasteiger partial charge in [-0.2, -0.15) is 10.1 Å². The number of carbonyl (C=O) groups is 1. The quantitative estimate of drug-likeness (QED) is 0.788. The summed E-state index contributed by atoms with van der Waals surface area (Å²) in [6.45, 7) is 6.88. The predicted octanol–water partition coefficient (Wildman–Crippen LogP) is 2.67. The zero-order chi connectivity index (χ0) is 14.8. The van der Waals surface area contributed by atoms with Crippen molar-refractivity contribution in [3.05, 3.63) is 22.4 Å². The van der Waals surface area contributed by atoms with E-state index >= 15 is 0 Å². The molecule has 0 saturated carbocycles. The van der Waals surface area contributed by atoms with Gasteiger partial charge in [0.05, 0.1) is 10.6 Å². The minimum Gasteiger partial charge on any atom is -0.351 e. The summed E-state index contributed by atoms with van der Waals surface area (Å²) < 4.78 is 1.89. The van der Waals surface area contributed by atoms with E-state index in [-0.39, 0.29) is 5.91 Å². The number of aromatic nitrogens is 2. The molecule has 5 nitrogen and oxygen atoms in total. The first-order valence-corrected chi connectivity index (χ1v) is 8.30. The van der Waals surface area contributed by atoms with Gasteiger partial charge in [0.2, 0.25) is 0 Å². The Labute approximate surface area is 129 Å². The highest BCUT2D eigenvalue weighted by Gasteiger charge is 2.27. The second kappa shape index (κ2) is 6.05. The Bertz CT molecular complexity index is 611. The van der Waals surface area contributed by atoms with Crippen molar-refractivity contribution in [2.45, 2.75) is 39.7 Å². The van der Waals surface area contributed by atoms with Crippen LogP contribution in [0.3, 0.4) is 0 Å². The smallest absolute Gasteiger partial charge is 0.286 e. The van der Waals surface area contributed by atoms with Crippen LogP contribution in [0.2, 0.25) is 0 Å². The van der Waals surface area contributed by atoms with Crippen LogP contribution >= 0.6 is 11.8 Å². The lowest BCUT2D eigenvalue weighted by atomic mass is 10.1. The summed E-state index contributed by atoms with van der Waals surface area (Å²) in [5.74, 6) is -0.121. The van der Waals surface area contributed by atoms with Crippen molar-refractivity contribution in [1.29, 1.82) is 0 Å². The zero-order valence-electron chi connectivity index (χ0n) is 12.5. The Hall–Kier alpha value is -1.56. The first-order chi connectivity index (χ1) is 10.2. The van der Waals surface area contributed by atoms with E-state index in [0.717, 1.165) is 36.1 Å². The van der Waals surface area contributed by atoms with E-state index in [4.69, 9.17) is 0 Å². The van der Waals surface area contributed by atoms with Crippen molar-refractivity contribution >= 4 is 28.9 Å². The highest BCUT2D eigenvalue weighted by molar-refractivity contribution is 8.18. The van der Waals surface area contributed by atoms with Crippen molar-refractivity contribution < 1.29 is 4.79 Å². The number of hydrogen-bond donors (Lipinski definition) is 0. The fourth-order valence-electron chi connectivity index (χ4n) is 2.60. The van der Waals surface area contributed by atoms with E-state index in [9.17, 15) is 4.79 Å². The molecule has 0 N–H and O–H groups in total. The minimum atomic E-state index is -0.121. The Morgan fingerprint density at radius 2 is 2.10 bits per heavy atom. The molecule has 1 saturated heterocycles. The largest absolute Gasteiger partial charge is 0.351 e. The molecule has 112 valence electrons. The van der Waals surface area contributed by atoms with E-state index in [0.29, 0.717) is 4.91 Å². The summed E-state index contributed by atoms with van der Waals surface area (Å²) in [5.41, 5.74) is 1.95. The number of thioether (sulfide) groups is 1. The number of aryl methyl sites for hydroxylation is 2. The van der Waals surface area contributed by atoms with Crippen LogP contribution in [0.25, 0.3) is 6.08 Å². The van der Waals surface area contributed by atoms with Crippen LogP contribution in [0.1, 0.15) is 37.4 Å². The molecule has 1 aromatic heterocycles. The molecule has 0 aliphatic carbocycles. The van der Waals surface area contributed by atoms with Gasteiger partial charge in [0.25, 0.3) is 5.91 Å². The second-order valence-corrected chi connectivity index (χ2v) is 6.39. The Morgan fingerprint density at radius 3 is 2.76 bits per heavy atom. The van der Waals surface area contributed by atoms with E-state index < -0.39 is 0 Å². The van der Waals surface area contributed by atoms with Gasteiger partial charge >= 0.3 is 0 Å². The molecule has 3 rings (SSSR count). The summed E-state index contributed by atoms with van der Waals surface area (Å²) in [6.07, 6.45) is 7.56. The number of piperidine rings is 1. The molecule has 1 fully saturated rings. The molecule has 0 atom stereocenters. The van der Waals surface area contributed by atoms with Gasteiger partial charge in [-0.25, -0.2) is 0 Å². The van der Waals surface area contributed by atoms with Gasteiger partial charge in [0.15, 0.2) is 5.17 Å². The third kappa shape index (κ3) is 3.05. The molecule has 2 aliphatic rings. The highest BCUT2D eigenvalue weighted by atomic mass is 32.2. The molecule has 0 aromatic carbocycles. The number of likely N-dealkylation sites (tertiary alicyclic amines) is 1. The average molecular weight is 304 g/mol. The lowest BCUT2D eigenvalue weighted by Gasteiger charge is -2.27. The molecular formula is C15H20N4OS. The molecule has 2 aliphatic heterocycles. The van der Waals surface area contributed by atoms with Gasteiger partial charge in [-0.15, -0.1) is 0 Å². The Morgan fingerprint density at radius 1 is 1.33 bits per heavy atom. The van der Waals surface area contributed by atoms with E-state index in [1.807, 2.05) is 23.9 Å². The molecule has 21 heavy (non-hydrogen) atoms. The SMILES string of the molecule is CCn1cc(C=C2SC(N3CCCCC3)=NC2=O)c(C)n1. The zero-order valence-corrected chi connectivity index (χ0v) is 13.3. The number of aliphatic imine (C=N–C) groups is 1. The molecule has 0 bridgehead atoms. The number of nitrogens with zero attached hydrogens (tertiary/aromatic N) is 4. The van der Waals surface area contributed by atoms with E-state index in [1.165, 1.54) is 31.0 Å². The predicted molar refractivity (Wildman–Crippen MR) is 86.1 cm³/mol. The first kappa shape index (κ1) is 14.4. The van der Waals surface area contributed by atoms with Gasteiger partial charge in [-0.05, 0) is 50.9 Å². The molecular weight excluding hydrogens is 284 g/mol. The normalized spacial score (nSPS) is 21.2. The maximum Gasteiger partial charge on any atom is 0.286 e. The van der Waals surface area contributed by atoms with Gasteiger partial charge in [-0.1, -0.05) is 0 Å². The summed E-state index contributed by atoms with van der Waals surface area (Å²) in [7, 11) is 0. The second-order valence-electron chi connectivity index (χ2n) is 5.38. The molecule has 6 heteroatoms. The molecule has 0 radical (unpaired) electrons. The maximum absolute atomic E-state index is 12.1. The van der Waals surface area contributed by atoms with E-state index in [2.05, 4.69) is 21.9 Å². The topological polar surface area (TPSA) is 50.5 Å². The standard InChI is InChI=1S/C15H20N4OS/c1-3-19-10-12(11(2)17-19)9-13-14(20)16-15(21-13)18-7-5-4-6-8-18/h9-10H,3-8H2,1-2H3. The van der Waals surface area contributed by atoms with Gasteiger partial charge < -0.3 is 4.90 Å². The molecule has 0 unspecified atom stereocenters. The third-order valence-electron chi connectivity index (χ3n) is 3.83. The number of amidine groups is 1. The fourth-order valence-corrected chi connectivity index (χ4v) is 3.55. The van der Waals surface area contributed by atoms with Crippen LogP contribution in [-0.4, -0.2) is 38.8 Å². The van der Waals surface area contributed by atoms with Crippen LogP contribution in [0.15, 0.2) is 16.1 Å². The summed E-state index contributed by atoms with van der Waals surface area (Å²) in [6, 6.07) is 0. The van der Waals surface area contributed by atoms with Gasteiger partial charge in [0, 0.05) is 31.4 Å². The Kier molecular flexibility index (Phi) is 4.14. The third-order valence-corrected chi connectivity index (χ3v) is 4.88. The van der Waals surface area contributed by atoms with Crippen LogP contribution in [0.4, 0.5) is 0 Å². The Balaban J connectivity index is 1.77. The molecule has 3 heterocycles. The number of rotatable bonds is 2. The number of amides is 1. The summed E-state index contributed by atoms with van der Waals surface area (Å²) in [4.78, 5) is 19.2. The molecule has 1 amide bonds. The van der Waals surface area contributed by atoms with Crippen molar-refractivity contribution in [1.82, 2.24) is 14.7 Å². The molecule has 1 aromatic rings. The summed E-state index contributed by atoms with van der Waals surface area (Å²) >= 11 is 1.50. The van der Waals surface area contributed by atoms with Crippen molar-refractivity contribution in [2.24, 2.45) is 4.99 Å². The molecule has 0 spiro atoms. The van der Waals surface area contributed by atoms with Crippen molar-refractivity contribution in [3.8, 4) is 0 Å². The van der Waals surface area contributed by atoms with Crippen molar-refractivity contribution in [2.75, 3.05) is 13.1 Å². The number of carbonyl (C=O) groups excluding carboxylic acids is 1. The maximum atomic E-state index is 12.1.